The second-order valence-corrected chi connectivity index (χ2v) is 6.84. The van der Waals surface area contributed by atoms with Crippen molar-refractivity contribution in [1.82, 2.24) is 5.32 Å². The quantitative estimate of drug-likeness (QED) is 0.817. The first kappa shape index (κ1) is 15.0. The van der Waals surface area contributed by atoms with Crippen LogP contribution in [0.15, 0.2) is 22.7 Å². The zero-order valence-electron chi connectivity index (χ0n) is 11.9. The maximum absolute atomic E-state index is 14.0. The molecule has 1 nitrogen and oxygen atoms in total. The molecule has 0 saturated heterocycles. The number of hydrogen-bond acceptors (Lipinski definition) is 1. The first-order chi connectivity index (χ1) is 8.99. The van der Waals surface area contributed by atoms with Crippen LogP contribution in [0.25, 0.3) is 0 Å². The summed E-state index contributed by atoms with van der Waals surface area (Å²) in [6.45, 7) is 6.69. The summed E-state index contributed by atoms with van der Waals surface area (Å²) in [4.78, 5) is 0. The Labute approximate surface area is 124 Å². The lowest BCUT2D eigenvalue weighted by molar-refractivity contribution is 0.195. The Morgan fingerprint density at radius 1 is 1.32 bits per heavy atom. The molecule has 0 aromatic heterocycles. The van der Waals surface area contributed by atoms with Gasteiger partial charge in [0, 0.05) is 22.1 Å². The van der Waals surface area contributed by atoms with Crippen molar-refractivity contribution in [2.75, 3.05) is 0 Å². The molecular weight excluding hydrogens is 305 g/mol. The highest BCUT2D eigenvalue weighted by Crippen LogP contribution is 2.31. The van der Waals surface area contributed by atoms with Crippen LogP contribution >= 0.6 is 15.9 Å². The van der Waals surface area contributed by atoms with E-state index >= 15 is 0 Å². The van der Waals surface area contributed by atoms with E-state index in [4.69, 9.17) is 0 Å². The van der Waals surface area contributed by atoms with Gasteiger partial charge in [-0.2, -0.15) is 0 Å². The van der Waals surface area contributed by atoms with Crippen molar-refractivity contribution in [3.8, 4) is 0 Å². The molecule has 0 radical (unpaired) electrons. The van der Waals surface area contributed by atoms with Crippen molar-refractivity contribution >= 4 is 15.9 Å². The minimum absolute atomic E-state index is 0.0610. The van der Waals surface area contributed by atoms with Gasteiger partial charge in [-0.1, -0.05) is 48.7 Å². The molecule has 2 rings (SSSR count). The van der Waals surface area contributed by atoms with Gasteiger partial charge < -0.3 is 5.32 Å². The lowest BCUT2D eigenvalue weighted by Gasteiger charge is -2.36. The summed E-state index contributed by atoms with van der Waals surface area (Å²) < 4.78 is 14.8. The molecule has 0 amide bonds. The van der Waals surface area contributed by atoms with Crippen LogP contribution < -0.4 is 5.32 Å². The van der Waals surface area contributed by atoms with Gasteiger partial charge in [0.25, 0.3) is 0 Å². The second-order valence-electron chi connectivity index (χ2n) is 5.93. The lowest BCUT2D eigenvalue weighted by atomic mass is 9.77. The molecule has 3 heteroatoms. The third kappa shape index (κ3) is 3.57. The van der Waals surface area contributed by atoms with Crippen LogP contribution in [-0.2, 0) is 0 Å². The Hall–Kier alpha value is -0.410. The average molecular weight is 328 g/mol. The number of hydrogen-bond donors (Lipinski definition) is 1. The van der Waals surface area contributed by atoms with Gasteiger partial charge in [0.2, 0.25) is 0 Å². The third-order valence-corrected chi connectivity index (χ3v) is 5.09. The van der Waals surface area contributed by atoms with Gasteiger partial charge >= 0.3 is 0 Å². The predicted molar refractivity (Wildman–Crippen MR) is 81.6 cm³/mol. The smallest absolute Gasteiger partial charge is 0.129 e. The van der Waals surface area contributed by atoms with Crippen LogP contribution in [0.2, 0.25) is 0 Å². The van der Waals surface area contributed by atoms with Gasteiger partial charge in [-0.3, -0.25) is 0 Å². The molecule has 4 atom stereocenters. The number of rotatable bonds is 3. The SMILES string of the molecule is CC(NC1CCCC(C)C1C)c1ccc(Br)cc1F. The lowest BCUT2D eigenvalue weighted by Crippen LogP contribution is -2.41. The fraction of sp³-hybridized carbons (Fsp3) is 0.625. The van der Waals surface area contributed by atoms with Crippen molar-refractivity contribution < 1.29 is 4.39 Å². The molecule has 1 aliphatic carbocycles. The highest BCUT2D eigenvalue weighted by atomic mass is 79.9. The molecule has 1 aromatic rings. The minimum Gasteiger partial charge on any atom is -0.307 e. The Balaban J connectivity index is 2.05. The largest absolute Gasteiger partial charge is 0.307 e. The zero-order valence-corrected chi connectivity index (χ0v) is 13.5. The van der Waals surface area contributed by atoms with Crippen LogP contribution in [0.5, 0.6) is 0 Å². The molecule has 0 aliphatic heterocycles. The topological polar surface area (TPSA) is 12.0 Å². The number of nitrogens with one attached hydrogen (secondary N) is 1. The molecule has 1 aliphatic rings. The van der Waals surface area contributed by atoms with Gasteiger partial charge in [-0.15, -0.1) is 0 Å². The van der Waals surface area contributed by atoms with E-state index in [0.29, 0.717) is 12.0 Å². The maximum atomic E-state index is 14.0. The van der Waals surface area contributed by atoms with E-state index in [1.54, 1.807) is 6.07 Å². The molecule has 1 fully saturated rings. The predicted octanol–water partition coefficient (Wildman–Crippen LogP) is 5.06. The normalized spacial score (nSPS) is 29.2. The summed E-state index contributed by atoms with van der Waals surface area (Å²) in [6.07, 6.45) is 3.80. The summed E-state index contributed by atoms with van der Waals surface area (Å²) in [5.41, 5.74) is 0.758. The van der Waals surface area contributed by atoms with Gasteiger partial charge in [0.1, 0.15) is 5.82 Å². The number of halogens is 2. The first-order valence-electron chi connectivity index (χ1n) is 7.20. The zero-order chi connectivity index (χ0) is 14.0. The molecule has 1 N–H and O–H groups in total. The summed E-state index contributed by atoms with van der Waals surface area (Å²) in [5, 5.41) is 3.62. The Morgan fingerprint density at radius 3 is 2.74 bits per heavy atom. The Morgan fingerprint density at radius 2 is 2.05 bits per heavy atom. The molecule has 19 heavy (non-hydrogen) atoms. The van der Waals surface area contributed by atoms with Gasteiger partial charge in [-0.05, 0) is 37.3 Å². The highest BCUT2D eigenvalue weighted by molar-refractivity contribution is 9.10. The van der Waals surface area contributed by atoms with E-state index in [1.807, 2.05) is 12.1 Å². The van der Waals surface area contributed by atoms with E-state index in [2.05, 4.69) is 42.0 Å². The van der Waals surface area contributed by atoms with E-state index in [-0.39, 0.29) is 11.9 Å². The van der Waals surface area contributed by atoms with Crippen LogP contribution in [0.3, 0.4) is 0 Å². The average Bonchev–Trinajstić information content (AvgIpc) is 2.34. The van der Waals surface area contributed by atoms with Gasteiger partial charge in [0.05, 0.1) is 0 Å². The number of benzene rings is 1. The van der Waals surface area contributed by atoms with Crippen molar-refractivity contribution in [3.63, 3.8) is 0 Å². The minimum atomic E-state index is -0.133. The summed E-state index contributed by atoms with van der Waals surface area (Å²) in [6, 6.07) is 5.88. The fourth-order valence-corrected chi connectivity index (χ4v) is 3.41. The Bertz CT molecular complexity index is 435. The van der Waals surface area contributed by atoms with Crippen molar-refractivity contribution in [2.45, 2.75) is 52.1 Å². The Kier molecular flexibility index (Phi) is 5.02. The van der Waals surface area contributed by atoms with Crippen molar-refractivity contribution in [2.24, 2.45) is 11.8 Å². The third-order valence-electron chi connectivity index (χ3n) is 4.60. The molecule has 0 bridgehead atoms. The van der Waals surface area contributed by atoms with Crippen LogP contribution in [0.4, 0.5) is 4.39 Å². The second kappa shape index (κ2) is 6.36. The van der Waals surface area contributed by atoms with Crippen molar-refractivity contribution in [3.05, 3.63) is 34.1 Å². The van der Waals surface area contributed by atoms with Crippen molar-refractivity contribution in [1.29, 1.82) is 0 Å². The molecule has 0 spiro atoms. The highest BCUT2D eigenvalue weighted by Gasteiger charge is 2.28. The van der Waals surface area contributed by atoms with Crippen LogP contribution in [0, 0.1) is 17.7 Å². The molecule has 1 aromatic carbocycles. The summed E-state index contributed by atoms with van der Waals surface area (Å²) in [7, 11) is 0. The molecule has 0 heterocycles. The maximum Gasteiger partial charge on any atom is 0.129 e. The standard InChI is InChI=1S/C16H23BrFN/c1-10-5-4-6-16(11(10)2)19-12(3)14-8-7-13(17)9-15(14)18/h7-12,16,19H,4-6H2,1-3H3. The molecule has 4 unspecified atom stereocenters. The van der Waals surface area contributed by atoms with E-state index in [0.717, 1.165) is 16.0 Å². The van der Waals surface area contributed by atoms with E-state index in [9.17, 15) is 4.39 Å². The summed E-state index contributed by atoms with van der Waals surface area (Å²) in [5.74, 6) is 1.29. The monoisotopic (exact) mass is 327 g/mol. The van der Waals surface area contributed by atoms with Crippen LogP contribution in [0.1, 0.15) is 51.6 Å². The van der Waals surface area contributed by atoms with Gasteiger partial charge in [-0.25, -0.2) is 4.39 Å². The first-order valence-corrected chi connectivity index (χ1v) is 7.99. The van der Waals surface area contributed by atoms with Crippen LogP contribution in [-0.4, -0.2) is 6.04 Å². The van der Waals surface area contributed by atoms with E-state index < -0.39 is 0 Å². The van der Waals surface area contributed by atoms with E-state index in [1.165, 1.54) is 19.3 Å². The molecule has 106 valence electrons. The van der Waals surface area contributed by atoms with Gasteiger partial charge in [0.15, 0.2) is 0 Å². The summed E-state index contributed by atoms with van der Waals surface area (Å²) >= 11 is 3.30. The molecule has 1 saturated carbocycles. The fourth-order valence-electron chi connectivity index (χ4n) is 3.08. The molecular formula is C16H23BrFN.